The van der Waals surface area contributed by atoms with Crippen molar-refractivity contribution in [3.05, 3.63) is 64.5 Å². The molecule has 0 saturated carbocycles. The Morgan fingerprint density at radius 1 is 1.21 bits per heavy atom. The molecule has 0 saturated heterocycles. The maximum absolute atomic E-state index is 11.2. The van der Waals surface area contributed by atoms with Crippen LogP contribution < -0.4 is 0 Å². The average Bonchev–Trinajstić information content (AvgIpc) is 2.82. The number of aromatic nitrogens is 2. The van der Waals surface area contributed by atoms with Crippen LogP contribution in [0.4, 0.5) is 5.69 Å². The number of nitro benzene ring substituents is 1. The third-order valence-electron chi connectivity index (χ3n) is 3.04. The highest BCUT2D eigenvalue weighted by Gasteiger charge is 2.16. The van der Waals surface area contributed by atoms with Crippen molar-refractivity contribution in [1.29, 1.82) is 0 Å². The van der Waals surface area contributed by atoms with Crippen LogP contribution >= 0.6 is 0 Å². The van der Waals surface area contributed by atoms with E-state index in [1.165, 1.54) is 0 Å². The van der Waals surface area contributed by atoms with Crippen molar-refractivity contribution >= 4 is 16.7 Å². The molecule has 0 aliphatic heterocycles. The van der Waals surface area contributed by atoms with Crippen molar-refractivity contribution in [2.75, 3.05) is 0 Å². The Balaban J connectivity index is 2.30. The number of rotatable bonds is 2. The summed E-state index contributed by atoms with van der Waals surface area (Å²) in [6.07, 6.45) is 1.61. The molecule has 0 bridgehead atoms. The van der Waals surface area contributed by atoms with Gasteiger partial charge in [-0.2, -0.15) is 0 Å². The number of fused-ring (bicyclic) bond motifs is 1. The number of nitrogens with zero attached hydrogens (tertiary/aromatic N) is 3. The lowest BCUT2D eigenvalue weighted by atomic mass is 10.2. The lowest BCUT2D eigenvalue weighted by Gasteiger charge is -2.06. The Bertz CT molecular complexity index is 777. The normalized spacial score (nSPS) is 10.8. The second-order valence-electron chi connectivity index (χ2n) is 4.35. The van der Waals surface area contributed by atoms with Crippen LogP contribution in [-0.2, 0) is 0 Å². The Kier molecular flexibility index (Phi) is 2.52. The topological polar surface area (TPSA) is 61.0 Å². The highest BCUT2D eigenvalue weighted by Crippen LogP contribution is 2.27. The second kappa shape index (κ2) is 4.20. The van der Waals surface area contributed by atoms with E-state index in [2.05, 4.69) is 4.98 Å². The summed E-state index contributed by atoms with van der Waals surface area (Å²) in [5, 5.41) is 11.2. The molecule has 2 aromatic carbocycles. The molecule has 3 aromatic rings. The molecule has 3 rings (SSSR count). The van der Waals surface area contributed by atoms with Crippen molar-refractivity contribution < 1.29 is 4.92 Å². The standard InChI is InChI=1S/C14H11N3O2/c1-10-6-7-13(14(8-10)17(18)19)16-9-15-11-4-2-3-5-12(11)16/h2-9H,1H3. The van der Waals surface area contributed by atoms with Crippen LogP contribution in [0.1, 0.15) is 5.56 Å². The molecule has 0 aliphatic rings. The summed E-state index contributed by atoms with van der Waals surface area (Å²) in [7, 11) is 0. The summed E-state index contributed by atoms with van der Waals surface area (Å²) in [6, 6.07) is 12.7. The van der Waals surface area contributed by atoms with Gasteiger partial charge >= 0.3 is 0 Å². The summed E-state index contributed by atoms with van der Waals surface area (Å²) >= 11 is 0. The zero-order valence-electron chi connectivity index (χ0n) is 10.3. The lowest BCUT2D eigenvalue weighted by Crippen LogP contribution is -1.99. The molecule has 5 nitrogen and oxygen atoms in total. The van der Waals surface area contributed by atoms with E-state index in [0.717, 1.165) is 16.6 Å². The van der Waals surface area contributed by atoms with Crippen LogP contribution in [0, 0.1) is 17.0 Å². The van der Waals surface area contributed by atoms with Gasteiger partial charge in [-0.1, -0.05) is 18.2 Å². The SMILES string of the molecule is Cc1ccc(-n2cnc3ccccc32)c([N+](=O)[O-])c1. The van der Waals surface area contributed by atoms with Crippen molar-refractivity contribution in [1.82, 2.24) is 9.55 Å². The van der Waals surface area contributed by atoms with Gasteiger partial charge in [0.15, 0.2) is 0 Å². The van der Waals surface area contributed by atoms with Crippen LogP contribution in [0.2, 0.25) is 0 Å². The number of para-hydroxylation sites is 2. The number of hydrogen-bond donors (Lipinski definition) is 0. The van der Waals surface area contributed by atoms with Gasteiger partial charge in [0, 0.05) is 6.07 Å². The minimum absolute atomic E-state index is 0.0863. The van der Waals surface area contributed by atoms with Crippen molar-refractivity contribution in [2.24, 2.45) is 0 Å². The van der Waals surface area contributed by atoms with Crippen molar-refractivity contribution in [3.8, 4) is 5.69 Å². The summed E-state index contributed by atoms with van der Waals surface area (Å²) in [4.78, 5) is 15.1. The van der Waals surface area contributed by atoms with Gasteiger partial charge in [-0.15, -0.1) is 0 Å². The van der Waals surface area contributed by atoms with Gasteiger partial charge in [-0.05, 0) is 30.7 Å². The van der Waals surface area contributed by atoms with Gasteiger partial charge in [0.2, 0.25) is 0 Å². The number of hydrogen-bond acceptors (Lipinski definition) is 3. The first-order valence-corrected chi connectivity index (χ1v) is 5.84. The molecule has 0 atom stereocenters. The lowest BCUT2D eigenvalue weighted by molar-refractivity contribution is -0.384. The Hall–Kier alpha value is -2.69. The smallest absolute Gasteiger partial charge is 0.293 e. The fraction of sp³-hybridized carbons (Fsp3) is 0.0714. The van der Waals surface area contributed by atoms with Gasteiger partial charge in [0.25, 0.3) is 5.69 Å². The predicted octanol–water partition coefficient (Wildman–Crippen LogP) is 3.24. The van der Waals surface area contributed by atoms with E-state index in [1.807, 2.05) is 37.3 Å². The van der Waals surface area contributed by atoms with Crippen LogP contribution in [-0.4, -0.2) is 14.5 Å². The van der Waals surface area contributed by atoms with E-state index in [0.29, 0.717) is 5.69 Å². The predicted molar refractivity (Wildman–Crippen MR) is 72.5 cm³/mol. The van der Waals surface area contributed by atoms with Crippen LogP contribution in [0.15, 0.2) is 48.8 Å². The Labute approximate surface area is 109 Å². The molecule has 5 heteroatoms. The van der Waals surface area contributed by atoms with Gasteiger partial charge in [-0.25, -0.2) is 4.98 Å². The van der Waals surface area contributed by atoms with E-state index in [-0.39, 0.29) is 10.6 Å². The van der Waals surface area contributed by atoms with Gasteiger partial charge in [0.1, 0.15) is 12.0 Å². The maximum Gasteiger partial charge on any atom is 0.293 e. The zero-order chi connectivity index (χ0) is 13.4. The maximum atomic E-state index is 11.2. The van der Waals surface area contributed by atoms with E-state index in [1.54, 1.807) is 23.0 Å². The fourth-order valence-electron chi connectivity index (χ4n) is 2.13. The Morgan fingerprint density at radius 3 is 2.79 bits per heavy atom. The number of aryl methyl sites for hydroxylation is 1. The molecule has 0 aliphatic carbocycles. The average molecular weight is 253 g/mol. The number of nitro groups is 1. The molecule has 19 heavy (non-hydrogen) atoms. The molecule has 1 aromatic heterocycles. The number of benzene rings is 2. The van der Waals surface area contributed by atoms with E-state index >= 15 is 0 Å². The highest BCUT2D eigenvalue weighted by atomic mass is 16.6. The van der Waals surface area contributed by atoms with E-state index < -0.39 is 0 Å². The largest absolute Gasteiger partial charge is 0.293 e. The summed E-state index contributed by atoms with van der Waals surface area (Å²) in [6.45, 7) is 1.84. The summed E-state index contributed by atoms with van der Waals surface area (Å²) in [5.41, 5.74) is 3.15. The van der Waals surface area contributed by atoms with Gasteiger partial charge in [-0.3, -0.25) is 14.7 Å². The fourth-order valence-corrected chi connectivity index (χ4v) is 2.13. The third kappa shape index (κ3) is 1.85. The van der Waals surface area contributed by atoms with E-state index in [9.17, 15) is 10.1 Å². The molecule has 1 heterocycles. The third-order valence-corrected chi connectivity index (χ3v) is 3.04. The number of imidazole rings is 1. The van der Waals surface area contributed by atoms with Crippen LogP contribution in [0.3, 0.4) is 0 Å². The monoisotopic (exact) mass is 253 g/mol. The van der Waals surface area contributed by atoms with Crippen molar-refractivity contribution in [3.63, 3.8) is 0 Å². The zero-order valence-corrected chi connectivity index (χ0v) is 10.3. The van der Waals surface area contributed by atoms with Crippen molar-refractivity contribution in [2.45, 2.75) is 6.92 Å². The molecular weight excluding hydrogens is 242 g/mol. The quantitative estimate of drug-likeness (QED) is 0.520. The van der Waals surface area contributed by atoms with E-state index in [4.69, 9.17) is 0 Å². The minimum atomic E-state index is -0.364. The first kappa shape index (κ1) is 11.4. The summed E-state index contributed by atoms with van der Waals surface area (Å²) in [5.74, 6) is 0. The first-order chi connectivity index (χ1) is 9.16. The van der Waals surface area contributed by atoms with Crippen LogP contribution in [0.25, 0.3) is 16.7 Å². The molecule has 94 valence electrons. The molecule has 0 unspecified atom stereocenters. The van der Waals surface area contributed by atoms with Gasteiger partial charge in [0.05, 0.1) is 16.0 Å². The molecular formula is C14H11N3O2. The minimum Gasteiger partial charge on any atom is -0.293 e. The molecule has 0 N–H and O–H groups in total. The van der Waals surface area contributed by atoms with Crippen LogP contribution in [0.5, 0.6) is 0 Å². The molecule has 0 spiro atoms. The summed E-state index contributed by atoms with van der Waals surface area (Å²) < 4.78 is 1.74. The van der Waals surface area contributed by atoms with Gasteiger partial charge < -0.3 is 0 Å². The Morgan fingerprint density at radius 2 is 2.00 bits per heavy atom. The molecule has 0 radical (unpaired) electrons. The highest BCUT2D eigenvalue weighted by molar-refractivity contribution is 5.78. The molecule has 0 fully saturated rings. The molecule has 0 amide bonds. The second-order valence-corrected chi connectivity index (χ2v) is 4.35. The first-order valence-electron chi connectivity index (χ1n) is 5.84.